The zero-order chi connectivity index (χ0) is 18.7. The normalized spacial score (nSPS) is 20.8. The van der Waals surface area contributed by atoms with Crippen molar-refractivity contribution >= 4 is 44.6 Å². The number of carbonyl (C=O) groups is 3. The highest BCUT2D eigenvalue weighted by Gasteiger charge is 2.48. The molecule has 0 aliphatic carbocycles. The molecule has 29 heavy (non-hydrogen) atoms. The Bertz CT molecular complexity index is 685. The lowest BCUT2D eigenvalue weighted by molar-refractivity contribution is -0.140. The van der Waals surface area contributed by atoms with E-state index in [4.69, 9.17) is 4.74 Å². The molecular formula is C21H34N2O4S2. The first kappa shape index (κ1) is 27.5. The summed E-state index contributed by atoms with van der Waals surface area (Å²) in [5.41, 5.74) is 0.904. The summed E-state index contributed by atoms with van der Waals surface area (Å²) in [6.07, 6.45) is 1.26. The summed E-state index contributed by atoms with van der Waals surface area (Å²) in [6.45, 7) is 4.61. The van der Waals surface area contributed by atoms with Crippen molar-refractivity contribution in [2.75, 3.05) is 13.2 Å². The number of nitrogens with zero attached hydrogens (tertiary/aromatic N) is 1. The quantitative estimate of drug-likeness (QED) is 0.733. The molecule has 3 rings (SSSR count). The minimum atomic E-state index is -0.613. The third-order valence-electron chi connectivity index (χ3n) is 4.94. The first-order valence-corrected chi connectivity index (χ1v) is 9.23. The lowest BCUT2D eigenvalue weighted by atomic mass is 10.0. The summed E-state index contributed by atoms with van der Waals surface area (Å²) in [7, 11) is 0. The molecule has 3 atom stereocenters. The highest BCUT2D eigenvalue weighted by atomic mass is 32.1. The zero-order valence-electron chi connectivity index (χ0n) is 16.3. The number of carbonyl (C=O) groups excluding carboxylic acids is 3. The van der Waals surface area contributed by atoms with Gasteiger partial charge in [-0.3, -0.25) is 14.4 Å². The maximum Gasteiger partial charge on any atom is 0.245 e. The first-order chi connectivity index (χ1) is 12.5. The van der Waals surface area contributed by atoms with Crippen LogP contribution in [0.1, 0.15) is 39.7 Å². The summed E-state index contributed by atoms with van der Waals surface area (Å²) < 4.78 is 5.46. The van der Waals surface area contributed by atoms with Crippen molar-refractivity contribution in [3.8, 4) is 0 Å². The standard InChI is InChI=1S/C20H26N2O4.CH4.2H2S/c1-13(2)10-15(21-18(24)11-14-6-4-3-5-7-14)20(25)22-9-8-17-19(22)16(23)12-26-17;;;/h3-7,13,15,17,19H,8-12H2,1-2H3,(H,21,24);1H4;2*1H2/t15-,17+,19+;;;/m0.../s1. The molecule has 2 aliphatic rings. The lowest BCUT2D eigenvalue weighted by Crippen LogP contribution is -2.52. The Hall–Kier alpha value is -1.51. The van der Waals surface area contributed by atoms with Crippen molar-refractivity contribution in [3.63, 3.8) is 0 Å². The van der Waals surface area contributed by atoms with Gasteiger partial charge in [-0.25, -0.2) is 0 Å². The predicted molar refractivity (Wildman–Crippen MR) is 124 cm³/mol. The van der Waals surface area contributed by atoms with Gasteiger partial charge in [-0.15, -0.1) is 0 Å². The SMILES string of the molecule is C.CC(C)C[C@H](NC(=O)Cc1ccccc1)C(=O)N1CC[C@H]2OCC(=O)[C@H]21.S.S. The van der Waals surface area contributed by atoms with Gasteiger partial charge in [-0.05, 0) is 24.3 Å². The van der Waals surface area contributed by atoms with E-state index >= 15 is 0 Å². The van der Waals surface area contributed by atoms with Gasteiger partial charge in [-0.1, -0.05) is 51.6 Å². The zero-order valence-corrected chi connectivity index (χ0v) is 18.3. The Morgan fingerprint density at radius 3 is 2.48 bits per heavy atom. The van der Waals surface area contributed by atoms with E-state index in [0.29, 0.717) is 19.4 Å². The summed E-state index contributed by atoms with van der Waals surface area (Å²) >= 11 is 0. The van der Waals surface area contributed by atoms with Gasteiger partial charge >= 0.3 is 0 Å². The van der Waals surface area contributed by atoms with E-state index in [-0.39, 0.29) is 77.1 Å². The topological polar surface area (TPSA) is 75.7 Å². The van der Waals surface area contributed by atoms with Crippen LogP contribution in [0.15, 0.2) is 30.3 Å². The van der Waals surface area contributed by atoms with Gasteiger partial charge in [0.15, 0.2) is 5.78 Å². The molecule has 2 heterocycles. The van der Waals surface area contributed by atoms with Gasteiger partial charge in [0.2, 0.25) is 11.8 Å². The molecule has 0 radical (unpaired) electrons. The van der Waals surface area contributed by atoms with E-state index in [9.17, 15) is 14.4 Å². The second-order valence-corrected chi connectivity index (χ2v) is 7.49. The number of nitrogens with one attached hydrogen (secondary N) is 1. The van der Waals surface area contributed by atoms with Crippen LogP contribution in [0.25, 0.3) is 0 Å². The summed E-state index contributed by atoms with van der Waals surface area (Å²) in [5, 5.41) is 2.89. The molecule has 1 aromatic rings. The molecule has 0 bridgehead atoms. The van der Waals surface area contributed by atoms with Crippen molar-refractivity contribution in [3.05, 3.63) is 35.9 Å². The third-order valence-corrected chi connectivity index (χ3v) is 4.94. The summed E-state index contributed by atoms with van der Waals surface area (Å²) in [4.78, 5) is 39.2. The molecular weight excluding hydrogens is 408 g/mol. The number of benzene rings is 1. The van der Waals surface area contributed by atoms with Crippen molar-refractivity contribution in [2.45, 2.75) is 58.7 Å². The Balaban J connectivity index is 0.00000261. The number of hydrogen-bond acceptors (Lipinski definition) is 4. The predicted octanol–water partition coefficient (Wildman–Crippen LogP) is 2.19. The minimum absolute atomic E-state index is 0. The van der Waals surface area contributed by atoms with E-state index in [0.717, 1.165) is 5.56 Å². The van der Waals surface area contributed by atoms with Gasteiger partial charge in [0.25, 0.3) is 0 Å². The minimum Gasteiger partial charge on any atom is -0.368 e. The Kier molecular flexibility index (Phi) is 11.6. The molecule has 2 amide bonds. The highest BCUT2D eigenvalue weighted by molar-refractivity contribution is 7.59. The largest absolute Gasteiger partial charge is 0.368 e. The molecule has 164 valence electrons. The molecule has 1 N–H and O–H groups in total. The number of rotatable bonds is 6. The molecule has 1 aromatic carbocycles. The highest BCUT2D eigenvalue weighted by Crippen LogP contribution is 2.28. The molecule has 8 heteroatoms. The fraction of sp³-hybridized carbons (Fsp3) is 0.571. The summed E-state index contributed by atoms with van der Waals surface area (Å²) in [5.74, 6) is -0.152. The fourth-order valence-electron chi connectivity index (χ4n) is 3.76. The van der Waals surface area contributed by atoms with Crippen LogP contribution in [0.2, 0.25) is 0 Å². The Morgan fingerprint density at radius 1 is 1.21 bits per heavy atom. The first-order valence-electron chi connectivity index (χ1n) is 9.23. The van der Waals surface area contributed by atoms with Crippen molar-refractivity contribution < 1.29 is 19.1 Å². The van der Waals surface area contributed by atoms with Crippen LogP contribution < -0.4 is 5.32 Å². The Morgan fingerprint density at radius 2 is 1.86 bits per heavy atom. The number of ketones is 1. The second kappa shape index (κ2) is 12.2. The second-order valence-electron chi connectivity index (χ2n) is 7.49. The number of likely N-dealkylation sites (tertiary alicyclic amines) is 1. The van der Waals surface area contributed by atoms with Crippen LogP contribution >= 0.6 is 27.0 Å². The van der Waals surface area contributed by atoms with Crippen LogP contribution in [0, 0.1) is 5.92 Å². The average Bonchev–Trinajstić information content (AvgIpc) is 3.17. The van der Waals surface area contributed by atoms with Crippen LogP contribution in [-0.2, 0) is 25.5 Å². The van der Waals surface area contributed by atoms with E-state index in [2.05, 4.69) is 5.32 Å². The molecule has 0 unspecified atom stereocenters. The number of Topliss-reactive ketones (excluding diaryl/α,β-unsaturated/α-hetero) is 1. The smallest absolute Gasteiger partial charge is 0.245 e. The molecule has 2 saturated heterocycles. The van der Waals surface area contributed by atoms with E-state index in [1.54, 1.807) is 4.90 Å². The van der Waals surface area contributed by atoms with E-state index in [1.165, 1.54) is 0 Å². The van der Waals surface area contributed by atoms with Gasteiger partial charge in [-0.2, -0.15) is 27.0 Å². The van der Waals surface area contributed by atoms with Gasteiger partial charge in [0.1, 0.15) is 18.7 Å². The molecule has 0 aromatic heterocycles. The van der Waals surface area contributed by atoms with Crippen molar-refractivity contribution in [1.82, 2.24) is 10.2 Å². The van der Waals surface area contributed by atoms with Gasteiger partial charge < -0.3 is 15.0 Å². The van der Waals surface area contributed by atoms with Crippen molar-refractivity contribution in [1.29, 1.82) is 0 Å². The van der Waals surface area contributed by atoms with E-state index in [1.807, 2.05) is 44.2 Å². The molecule has 2 aliphatic heterocycles. The average molecular weight is 443 g/mol. The molecule has 6 nitrogen and oxygen atoms in total. The molecule has 0 spiro atoms. The number of ether oxygens (including phenoxy) is 1. The van der Waals surface area contributed by atoms with Gasteiger partial charge in [0.05, 0.1) is 12.5 Å². The van der Waals surface area contributed by atoms with Gasteiger partial charge in [0, 0.05) is 6.54 Å². The third kappa shape index (κ3) is 6.76. The maximum absolute atomic E-state index is 13.1. The Labute approximate surface area is 187 Å². The monoisotopic (exact) mass is 442 g/mol. The molecule has 2 fully saturated rings. The number of amides is 2. The fourth-order valence-corrected chi connectivity index (χ4v) is 3.76. The van der Waals surface area contributed by atoms with E-state index < -0.39 is 12.1 Å². The maximum atomic E-state index is 13.1. The number of fused-ring (bicyclic) bond motifs is 1. The van der Waals surface area contributed by atoms with Crippen LogP contribution in [0.3, 0.4) is 0 Å². The van der Waals surface area contributed by atoms with Crippen molar-refractivity contribution in [2.24, 2.45) is 5.92 Å². The molecule has 0 saturated carbocycles. The summed E-state index contributed by atoms with van der Waals surface area (Å²) in [6, 6.07) is 8.35. The lowest BCUT2D eigenvalue weighted by Gasteiger charge is -2.28. The van der Waals surface area contributed by atoms with Crippen LogP contribution in [0.5, 0.6) is 0 Å². The van der Waals surface area contributed by atoms with Crippen LogP contribution in [0.4, 0.5) is 0 Å². The number of hydrogen-bond donors (Lipinski definition) is 1. The van der Waals surface area contributed by atoms with Crippen LogP contribution in [-0.4, -0.2) is 53.8 Å².